The summed E-state index contributed by atoms with van der Waals surface area (Å²) in [5, 5.41) is 3.49. The van der Waals surface area contributed by atoms with Gasteiger partial charge in [0.1, 0.15) is 0 Å². The molecule has 0 aromatic heterocycles. The lowest BCUT2D eigenvalue weighted by atomic mass is 9.95. The summed E-state index contributed by atoms with van der Waals surface area (Å²) in [6.07, 6.45) is 1.89. The van der Waals surface area contributed by atoms with Crippen LogP contribution in [0.15, 0.2) is 11.3 Å². The smallest absolute Gasteiger partial charge is 0.161 e. The number of rotatable bonds is 5. The summed E-state index contributed by atoms with van der Waals surface area (Å²) in [6, 6.07) is 0. The number of ether oxygens (including phenoxy) is 1. The van der Waals surface area contributed by atoms with Crippen LogP contribution in [0, 0.1) is 17.3 Å². The Bertz CT molecular complexity index is 450. The molecule has 3 fully saturated rings. The summed E-state index contributed by atoms with van der Waals surface area (Å²) in [4.78, 5) is 14.6. The monoisotopic (exact) mass is 292 g/mol. The van der Waals surface area contributed by atoms with E-state index < -0.39 is 0 Å². The number of fused-ring (bicyclic) bond motifs is 1. The number of carbonyl (C=O) groups excluding carboxylic acids is 1. The molecular weight excluding hydrogens is 264 g/mol. The summed E-state index contributed by atoms with van der Waals surface area (Å²) in [5.41, 5.74) is 2.57. The van der Waals surface area contributed by atoms with E-state index in [1.165, 1.54) is 0 Å². The van der Waals surface area contributed by atoms with E-state index in [9.17, 15) is 4.79 Å². The van der Waals surface area contributed by atoms with Crippen molar-refractivity contribution in [2.24, 2.45) is 17.3 Å². The zero-order valence-corrected chi connectivity index (χ0v) is 13.6. The molecule has 1 N–H and O–H groups in total. The van der Waals surface area contributed by atoms with Gasteiger partial charge in [0.05, 0.1) is 13.2 Å². The minimum Gasteiger partial charge on any atom is -0.388 e. The molecule has 0 radical (unpaired) electrons. The maximum Gasteiger partial charge on any atom is 0.161 e. The van der Waals surface area contributed by atoms with E-state index in [-0.39, 0.29) is 0 Å². The van der Waals surface area contributed by atoms with Crippen molar-refractivity contribution in [2.75, 3.05) is 39.4 Å². The van der Waals surface area contributed by atoms with Crippen LogP contribution in [0.3, 0.4) is 0 Å². The molecule has 1 heterocycles. The molecule has 0 aromatic carbocycles. The number of allylic oxidation sites excluding steroid dienone is 2. The Morgan fingerprint density at radius 3 is 2.76 bits per heavy atom. The highest BCUT2D eigenvalue weighted by atomic mass is 16.5. The van der Waals surface area contributed by atoms with Gasteiger partial charge in [-0.1, -0.05) is 13.8 Å². The van der Waals surface area contributed by atoms with Crippen LogP contribution in [0.1, 0.15) is 33.6 Å². The molecule has 2 saturated carbocycles. The fourth-order valence-corrected chi connectivity index (χ4v) is 4.12. The summed E-state index contributed by atoms with van der Waals surface area (Å²) in [6.45, 7) is 12.6. The first-order valence-corrected chi connectivity index (χ1v) is 8.29. The van der Waals surface area contributed by atoms with Gasteiger partial charge in [0.25, 0.3) is 0 Å². The van der Waals surface area contributed by atoms with Crippen LogP contribution in [-0.2, 0) is 9.53 Å². The van der Waals surface area contributed by atoms with Gasteiger partial charge in [-0.2, -0.15) is 0 Å². The van der Waals surface area contributed by atoms with Crippen LogP contribution >= 0.6 is 0 Å². The van der Waals surface area contributed by atoms with Gasteiger partial charge in [0.15, 0.2) is 5.78 Å². The van der Waals surface area contributed by atoms with Gasteiger partial charge in [-0.3, -0.25) is 9.69 Å². The minimum absolute atomic E-state index is 0.347. The predicted octanol–water partition coefficient (Wildman–Crippen LogP) is 1.82. The highest BCUT2D eigenvalue weighted by Crippen LogP contribution is 2.68. The second-order valence-electron chi connectivity index (χ2n) is 7.31. The van der Waals surface area contributed by atoms with E-state index in [1.807, 2.05) is 0 Å². The van der Waals surface area contributed by atoms with Gasteiger partial charge < -0.3 is 10.1 Å². The average molecular weight is 292 g/mol. The molecule has 4 nitrogen and oxygen atoms in total. The van der Waals surface area contributed by atoms with Crippen LogP contribution in [0.5, 0.6) is 0 Å². The first-order chi connectivity index (χ1) is 10.0. The van der Waals surface area contributed by atoms with Crippen molar-refractivity contribution in [3.8, 4) is 0 Å². The molecule has 118 valence electrons. The van der Waals surface area contributed by atoms with E-state index >= 15 is 0 Å². The lowest BCUT2D eigenvalue weighted by Crippen LogP contribution is -2.37. The fourth-order valence-electron chi connectivity index (χ4n) is 4.12. The van der Waals surface area contributed by atoms with Crippen molar-refractivity contribution in [2.45, 2.75) is 33.6 Å². The number of ketones is 1. The number of carbonyl (C=O) groups is 1. The third-order valence-electron chi connectivity index (χ3n) is 5.62. The Morgan fingerprint density at radius 2 is 2.10 bits per heavy atom. The number of hydrogen-bond donors (Lipinski definition) is 1. The molecule has 0 spiro atoms. The number of nitrogens with zero attached hydrogens (tertiary/aromatic N) is 1. The SMILES string of the molecule is CC(NCCCN1CCOCC1)=C1C(=O)CC2C1C2(C)C. The van der Waals surface area contributed by atoms with Gasteiger partial charge in [0.2, 0.25) is 0 Å². The molecule has 2 atom stereocenters. The minimum atomic E-state index is 0.347. The summed E-state index contributed by atoms with van der Waals surface area (Å²) < 4.78 is 5.36. The standard InChI is InChI=1S/C17H28N2O2/c1-12(15-14(20)11-13-16(15)17(13,2)3)18-5-4-6-19-7-9-21-10-8-19/h13,16,18H,4-11H2,1-3H3. The highest BCUT2D eigenvalue weighted by Gasteiger charge is 2.65. The van der Waals surface area contributed by atoms with Gasteiger partial charge in [0, 0.05) is 37.3 Å². The molecule has 1 aliphatic heterocycles. The van der Waals surface area contributed by atoms with Crippen molar-refractivity contribution in [1.82, 2.24) is 10.2 Å². The van der Waals surface area contributed by atoms with Crippen molar-refractivity contribution in [3.63, 3.8) is 0 Å². The maximum absolute atomic E-state index is 12.1. The molecule has 3 aliphatic rings. The number of Topliss-reactive ketones (excluding diaryl/α,β-unsaturated/α-hetero) is 1. The van der Waals surface area contributed by atoms with Gasteiger partial charge in [-0.25, -0.2) is 0 Å². The van der Waals surface area contributed by atoms with Crippen LogP contribution in [-0.4, -0.2) is 50.1 Å². The lowest BCUT2D eigenvalue weighted by molar-refractivity contribution is -0.115. The summed E-state index contributed by atoms with van der Waals surface area (Å²) in [5.74, 6) is 1.49. The Morgan fingerprint density at radius 1 is 1.38 bits per heavy atom. The summed E-state index contributed by atoms with van der Waals surface area (Å²) >= 11 is 0. The topological polar surface area (TPSA) is 41.6 Å². The fraction of sp³-hybridized carbons (Fsp3) is 0.824. The molecule has 0 amide bonds. The van der Waals surface area contributed by atoms with Crippen molar-refractivity contribution < 1.29 is 9.53 Å². The molecule has 21 heavy (non-hydrogen) atoms. The molecule has 3 rings (SSSR count). The van der Waals surface area contributed by atoms with E-state index in [4.69, 9.17) is 4.74 Å². The second kappa shape index (κ2) is 5.73. The van der Waals surface area contributed by atoms with Crippen molar-refractivity contribution in [3.05, 3.63) is 11.3 Å². The lowest BCUT2D eigenvalue weighted by Gasteiger charge is -2.26. The molecule has 1 saturated heterocycles. The Labute approximate surface area is 127 Å². The first kappa shape index (κ1) is 15.0. The Balaban J connectivity index is 1.46. The molecular formula is C17H28N2O2. The van der Waals surface area contributed by atoms with Crippen LogP contribution < -0.4 is 5.32 Å². The molecule has 0 bridgehead atoms. The van der Waals surface area contributed by atoms with Gasteiger partial charge >= 0.3 is 0 Å². The van der Waals surface area contributed by atoms with E-state index in [0.717, 1.165) is 63.5 Å². The molecule has 4 heteroatoms. The van der Waals surface area contributed by atoms with Gasteiger partial charge in [-0.05, 0) is 37.1 Å². The van der Waals surface area contributed by atoms with E-state index in [2.05, 4.69) is 31.0 Å². The number of morpholine rings is 1. The van der Waals surface area contributed by atoms with Crippen LogP contribution in [0.4, 0.5) is 0 Å². The normalized spacial score (nSPS) is 33.8. The average Bonchev–Trinajstić information content (AvgIpc) is 2.83. The maximum atomic E-state index is 12.1. The highest BCUT2D eigenvalue weighted by molar-refractivity contribution is 6.01. The molecule has 2 unspecified atom stereocenters. The Kier molecular flexibility index (Phi) is 4.10. The molecule has 0 aromatic rings. The van der Waals surface area contributed by atoms with Crippen molar-refractivity contribution >= 4 is 5.78 Å². The second-order valence-corrected chi connectivity index (χ2v) is 7.31. The summed E-state index contributed by atoms with van der Waals surface area (Å²) in [7, 11) is 0. The third-order valence-corrected chi connectivity index (χ3v) is 5.62. The molecule has 2 aliphatic carbocycles. The van der Waals surface area contributed by atoms with Crippen LogP contribution in [0.2, 0.25) is 0 Å². The quantitative estimate of drug-likeness (QED) is 0.620. The third kappa shape index (κ3) is 2.88. The van der Waals surface area contributed by atoms with E-state index in [1.54, 1.807) is 0 Å². The van der Waals surface area contributed by atoms with Crippen molar-refractivity contribution in [1.29, 1.82) is 0 Å². The van der Waals surface area contributed by atoms with Gasteiger partial charge in [-0.15, -0.1) is 0 Å². The zero-order chi connectivity index (χ0) is 15.0. The predicted molar refractivity (Wildman–Crippen MR) is 83.0 cm³/mol. The van der Waals surface area contributed by atoms with Crippen LogP contribution in [0.25, 0.3) is 0 Å². The zero-order valence-electron chi connectivity index (χ0n) is 13.6. The van der Waals surface area contributed by atoms with E-state index in [0.29, 0.717) is 23.0 Å². The largest absolute Gasteiger partial charge is 0.388 e. The Hall–Kier alpha value is -0.870. The first-order valence-electron chi connectivity index (χ1n) is 8.29. The number of nitrogens with one attached hydrogen (secondary N) is 1. The number of hydrogen-bond acceptors (Lipinski definition) is 4.